The van der Waals surface area contributed by atoms with Gasteiger partial charge in [-0.1, -0.05) is 31.1 Å². The summed E-state index contributed by atoms with van der Waals surface area (Å²) in [5, 5.41) is 0. The van der Waals surface area contributed by atoms with E-state index in [0.717, 1.165) is 32.1 Å². The van der Waals surface area contributed by atoms with Crippen LogP contribution in [0.4, 0.5) is 8.78 Å². The lowest BCUT2D eigenvalue weighted by atomic mass is 9.51. The van der Waals surface area contributed by atoms with Gasteiger partial charge in [-0.15, -0.1) is 0 Å². The van der Waals surface area contributed by atoms with Crippen molar-refractivity contribution in [3.05, 3.63) is 23.3 Å². The number of hydrogen-bond acceptors (Lipinski definition) is 1. The Bertz CT molecular complexity index is 605. The summed E-state index contributed by atoms with van der Waals surface area (Å²) in [5.74, 6) is 0.670. The van der Waals surface area contributed by atoms with Gasteiger partial charge in [-0.25, -0.2) is 8.78 Å². The van der Waals surface area contributed by atoms with E-state index >= 15 is 0 Å². The topological polar surface area (TPSA) is 17.1 Å². The summed E-state index contributed by atoms with van der Waals surface area (Å²) in [7, 11) is 0. The number of alkyl halides is 2. The number of carbonyl (C=O) groups excluding carboxylic acids is 1. The molecule has 4 rings (SSSR count). The number of carbonyl (C=O) groups is 1. The number of allylic oxidation sites excluding steroid dienone is 4. The molecule has 0 bridgehead atoms. The monoisotopic (exact) mass is 320 g/mol. The Morgan fingerprint density at radius 2 is 1.96 bits per heavy atom. The number of ketones is 1. The fraction of sp³-hybridized carbons (Fsp3) is 0.750. The molecule has 2 saturated carbocycles. The van der Waals surface area contributed by atoms with E-state index in [1.807, 2.05) is 6.08 Å². The Morgan fingerprint density at radius 3 is 2.70 bits per heavy atom. The summed E-state index contributed by atoms with van der Waals surface area (Å²) in [6, 6.07) is 0. The molecule has 5 atom stereocenters. The molecule has 0 amide bonds. The van der Waals surface area contributed by atoms with Crippen LogP contribution in [0.2, 0.25) is 0 Å². The van der Waals surface area contributed by atoms with Gasteiger partial charge in [0, 0.05) is 17.8 Å². The summed E-state index contributed by atoms with van der Waals surface area (Å²) >= 11 is 0. The molecule has 4 aliphatic carbocycles. The summed E-state index contributed by atoms with van der Waals surface area (Å²) < 4.78 is 27.0. The molecule has 0 aliphatic heterocycles. The van der Waals surface area contributed by atoms with E-state index in [1.54, 1.807) is 0 Å². The molecule has 0 N–H and O–H groups in total. The first-order valence-electron chi connectivity index (χ1n) is 9.09. The third-order valence-electron chi connectivity index (χ3n) is 7.71. The van der Waals surface area contributed by atoms with Crippen molar-refractivity contribution in [1.82, 2.24) is 0 Å². The maximum Gasteiger partial charge on any atom is 0.241 e. The summed E-state index contributed by atoms with van der Waals surface area (Å²) in [4.78, 5) is 11.8. The van der Waals surface area contributed by atoms with Crippen molar-refractivity contribution in [2.45, 2.75) is 65.2 Å². The highest BCUT2D eigenvalue weighted by Gasteiger charge is 2.57. The van der Waals surface area contributed by atoms with Crippen LogP contribution in [0.1, 0.15) is 58.8 Å². The predicted molar refractivity (Wildman–Crippen MR) is 86.2 cm³/mol. The average molecular weight is 320 g/mol. The first-order chi connectivity index (χ1) is 10.9. The predicted octanol–water partition coefficient (Wildman–Crippen LogP) is 5.32. The van der Waals surface area contributed by atoms with Gasteiger partial charge < -0.3 is 0 Å². The van der Waals surface area contributed by atoms with E-state index in [9.17, 15) is 13.6 Å². The van der Waals surface area contributed by atoms with Crippen LogP contribution >= 0.6 is 0 Å². The van der Waals surface area contributed by atoms with Gasteiger partial charge in [0.25, 0.3) is 0 Å². The molecule has 0 aromatic heterocycles. The smallest absolute Gasteiger partial charge is 0.241 e. The minimum absolute atomic E-state index is 0.0150. The van der Waals surface area contributed by atoms with Gasteiger partial charge in [0.15, 0.2) is 5.78 Å². The van der Waals surface area contributed by atoms with E-state index in [0.29, 0.717) is 24.7 Å². The molecule has 0 aromatic rings. The van der Waals surface area contributed by atoms with Crippen molar-refractivity contribution in [2.75, 3.05) is 0 Å². The van der Waals surface area contributed by atoms with Gasteiger partial charge in [-0.2, -0.15) is 0 Å². The highest BCUT2D eigenvalue weighted by atomic mass is 19.3. The van der Waals surface area contributed by atoms with Crippen LogP contribution in [0.15, 0.2) is 23.3 Å². The molecule has 1 nitrogen and oxygen atoms in total. The number of rotatable bonds is 1. The Hall–Kier alpha value is -0.990. The lowest BCUT2D eigenvalue weighted by Crippen LogP contribution is -2.45. The maximum atomic E-state index is 13.5. The highest BCUT2D eigenvalue weighted by molar-refractivity contribution is 5.92. The van der Waals surface area contributed by atoms with Gasteiger partial charge in [0.1, 0.15) is 0 Å². The van der Waals surface area contributed by atoms with E-state index < -0.39 is 12.3 Å². The zero-order chi connectivity index (χ0) is 16.4. The van der Waals surface area contributed by atoms with Crippen molar-refractivity contribution < 1.29 is 13.6 Å². The largest absolute Gasteiger partial charge is 0.295 e. The molecule has 0 radical (unpaired) electrons. The Balaban J connectivity index is 1.73. The van der Waals surface area contributed by atoms with Gasteiger partial charge in [0.05, 0.1) is 0 Å². The zero-order valence-electron chi connectivity index (χ0n) is 14.1. The standard InChI is InChI=1S/C20H26F2O/c1-19-9-7-13(23)11-12(19)3-4-14-15-5-6-17(18(21)22)20(15,2)10-8-16(14)19/h8,11,14-15,17-18H,3-7,9-10H2,1-2H3/t14-,15-,17+,19-,20-/m0/s1. The number of fused-ring (bicyclic) bond motifs is 5. The second kappa shape index (κ2) is 5.00. The Labute approximate surface area is 137 Å². The zero-order valence-corrected chi connectivity index (χ0v) is 14.1. The van der Waals surface area contributed by atoms with Crippen molar-refractivity contribution >= 4 is 5.78 Å². The molecular weight excluding hydrogens is 294 g/mol. The van der Waals surface area contributed by atoms with Gasteiger partial charge in [0.2, 0.25) is 6.43 Å². The Kier molecular flexibility index (Phi) is 3.38. The quantitative estimate of drug-likeness (QED) is 0.598. The molecule has 2 fully saturated rings. The van der Waals surface area contributed by atoms with Crippen LogP contribution in [0.25, 0.3) is 0 Å². The highest BCUT2D eigenvalue weighted by Crippen LogP contribution is 2.65. The minimum atomic E-state index is -2.19. The molecule has 0 spiro atoms. The lowest BCUT2D eigenvalue weighted by molar-refractivity contribution is -0.115. The molecule has 0 aromatic carbocycles. The van der Waals surface area contributed by atoms with Crippen LogP contribution in [0.5, 0.6) is 0 Å². The second-order valence-electron chi connectivity index (χ2n) is 8.61. The van der Waals surface area contributed by atoms with Gasteiger partial charge >= 0.3 is 0 Å². The van der Waals surface area contributed by atoms with Crippen molar-refractivity contribution in [3.63, 3.8) is 0 Å². The summed E-state index contributed by atoms with van der Waals surface area (Å²) in [6.07, 6.45) is 7.93. The Morgan fingerprint density at radius 1 is 1.17 bits per heavy atom. The van der Waals surface area contributed by atoms with Crippen LogP contribution in [0.3, 0.4) is 0 Å². The minimum Gasteiger partial charge on any atom is -0.295 e. The van der Waals surface area contributed by atoms with E-state index in [4.69, 9.17) is 0 Å². The van der Waals surface area contributed by atoms with Crippen LogP contribution in [-0.4, -0.2) is 12.2 Å². The average Bonchev–Trinajstić information content (AvgIpc) is 2.85. The molecule has 0 saturated heterocycles. The lowest BCUT2D eigenvalue weighted by Gasteiger charge is -2.53. The van der Waals surface area contributed by atoms with Gasteiger partial charge in [-0.05, 0) is 61.9 Å². The number of halogens is 2. The molecule has 4 aliphatic rings. The van der Waals surface area contributed by atoms with Crippen molar-refractivity contribution in [2.24, 2.45) is 28.6 Å². The summed E-state index contributed by atoms with van der Waals surface area (Å²) in [6.45, 7) is 4.39. The van der Waals surface area contributed by atoms with Gasteiger partial charge in [-0.3, -0.25) is 4.79 Å². The first kappa shape index (κ1) is 15.5. The maximum absolute atomic E-state index is 13.5. The van der Waals surface area contributed by atoms with Crippen LogP contribution in [-0.2, 0) is 4.79 Å². The van der Waals surface area contributed by atoms with Crippen LogP contribution < -0.4 is 0 Å². The fourth-order valence-corrected chi connectivity index (χ4v) is 6.31. The SMILES string of the molecule is C[C@]12CCC(=O)C=C1CC[C@@H]1C2=CC[C@]2(C)[C@@H](C(F)F)CC[C@@H]12. The second-order valence-corrected chi connectivity index (χ2v) is 8.61. The third kappa shape index (κ3) is 2.04. The van der Waals surface area contributed by atoms with Crippen molar-refractivity contribution in [3.8, 4) is 0 Å². The molecular formula is C20H26F2O. The molecule has 23 heavy (non-hydrogen) atoms. The van der Waals surface area contributed by atoms with E-state index in [-0.39, 0.29) is 16.6 Å². The molecule has 126 valence electrons. The molecule has 0 unspecified atom stereocenters. The van der Waals surface area contributed by atoms with E-state index in [1.165, 1.54) is 11.1 Å². The molecule has 0 heterocycles. The summed E-state index contributed by atoms with van der Waals surface area (Å²) in [5.41, 5.74) is 2.55. The fourth-order valence-electron chi connectivity index (χ4n) is 6.31. The molecule has 3 heteroatoms. The normalized spacial score (nSPS) is 46.0. The van der Waals surface area contributed by atoms with E-state index in [2.05, 4.69) is 19.9 Å². The van der Waals surface area contributed by atoms with Crippen molar-refractivity contribution in [1.29, 1.82) is 0 Å². The van der Waals surface area contributed by atoms with Crippen LogP contribution in [0, 0.1) is 28.6 Å². The third-order valence-corrected chi connectivity index (χ3v) is 7.71. The number of hydrogen-bond donors (Lipinski definition) is 0. The first-order valence-corrected chi connectivity index (χ1v) is 9.09.